The lowest BCUT2D eigenvalue weighted by Gasteiger charge is -2.28. The van der Waals surface area contributed by atoms with E-state index in [4.69, 9.17) is 18.9 Å². The van der Waals surface area contributed by atoms with E-state index in [1.54, 1.807) is 14.2 Å². The fraction of sp³-hybridized carbons (Fsp3) is 0.294. The van der Waals surface area contributed by atoms with Crippen LogP contribution in [0.4, 0.5) is 0 Å². The summed E-state index contributed by atoms with van der Waals surface area (Å²) < 4.78 is 21.4. The topological polar surface area (TPSA) is 49.0 Å². The van der Waals surface area contributed by atoms with E-state index < -0.39 is 0 Å². The largest absolute Gasteiger partial charge is 0.468 e. The van der Waals surface area contributed by atoms with Crippen molar-refractivity contribution < 1.29 is 18.9 Å². The number of nitrogens with one attached hydrogen (secondary N) is 1. The van der Waals surface area contributed by atoms with E-state index in [0.29, 0.717) is 6.04 Å². The quantitative estimate of drug-likeness (QED) is 0.160. The van der Waals surface area contributed by atoms with Crippen LogP contribution in [-0.4, -0.2) is 27.8 Å². The minimum absolute atomic E-state index is 0.0505. The number of rotatable bonds is 12. The molecule has 39 heavy (non-hydrogen) atoms. The van der Waals surface area contributed by atoms with Crippen LogP contribution < -0.4 is 14.8 Å². The number of fused-ring (bicyclic) bond motifs is 1. The van der Waals surface area contributed by atoms with E-state index in [0.717, 1.165) is 24.5 Å². The maximum Gasteiger partial charge on any atom is 0.188 e. The van der Waals surface area contributed by atoms with Gasteiger partial charge in [-0.15, -0.1) is 0 Å². The molecule has 0 saturated heterocycles. The summed E-state index contributed by atoms with van der Waals surface area (Å²) in [5.41, 5.74) is 7.88. The lowest BCUT2D eigenvalue weighted by molar-refractivity contribution is 0.0509. The first kappa shape index (κ1) is 26.9. The molecule has 0 aromatic heterocycles. The summed E-state index contributed by atoms with van der Waals surface area (Å²) in [5, 5.41) is 3.89. The second kappa shape index (κ2) is 13.4. The average molecular weight is 524 g/mol. The Labute approximate surface area is 231 Å². The van der Waals surface area contributed by atoms with Crippen molar-refractivity contribution in [1.82, 2.24) is 5.32 Å². The van der Waals surface area contributed by atoms with Crippen LogP contribution >= 0.6 is 0 Å². The molecular weight excluding hydrogens is 486 g/mol. The Bertz CT molecular complexity index is 1270. The third-order valence-electron chi connectivity index (χ3n) is 7.39. The molecule has 1 N–H and O–H groups in total. The van der Waals surface area contributed by atoms with E-state index in [2.05, 4.69) is 78.1 Å². The van der Waals surface area contributed by atoms with Gasteiger partial charge in [0.1, 0.15) is 11.5 Å². The SMILES string of the molecule is COCOc1ccc(C(c2ccc(OCOC)cc2)c2ccccc2CNC2CCCc3ccccc32)cc1. The summed E-state index contributed by atoms with van der Waals surface area (Å²) in [6.07, 6.45) is 3.55. The minimum Gasteiger partial charge on any atom is -0.468 e. The molecule has 1 unspecified atom stereocenters. The lowest BCUT2D eigenvalue weighted by Crippen LogP contribution is -2.25. The monoisotopic (exact) mass is 523 g/mol. The zero-order valence-electron chi connectivity index (χ0n) is 22.8. The van der Waals surface area contributed by atoms with Crippen molar-refractivity contribution in [3.05, 3.63) is 130 Å². The number of aryl methyl sites for hydroxylation is 1. The van der Waals surface area contributed by atoms with Crippen LogP contribution in [0.2, 0.25) is 0 Å². The predicted octanol–water partition coefficient (Wildman–Crippen LogP) is 7.00. The smallest absolute Gasteiger partial charge is 0.188 e. The van der Waals surface area contributed by atoms with Gasteiger partial charge in [0, 0.05) is 32.7 Å². The molecule has 0 bridgehead atoms. The molecule has 5 rings (SSSR count). The first-order chi connectivity index (χ1) is 19.3. The Morgan fingerprint density at radius 2 is 1.31 bits per heavy atom. The molecule has 0 amide bonds. The van der Waals surface area contributed by atoms with Crippen LogP contribution in [0.25, 0.3) is 0 Å². The van der Waals surface area contributed by atoms with Gasteiger partial charge >= 0.3 is 0 Å². The zero-order chi connectivity index (χ0) is 26.9. The zero-order valence-corrected chi connectivity index (χ0v) is 22.8. The minimum atomic E-state index is 0.0505. The second-order valence-electron chi connectivity index (χ2n) is 9.90. The molecular formula is C34H37NO4. The molecule has 0 radical (unpaired) electrons. The first-order valence-electron chi connectivity index (χ1n) is 13.6. The molecule has 4 aromatic rings. The van der Waals surface area contributed by atoms with E-state index in [9.17, 15) is 0 Å². The summed E-state index contributed by atoms with van der Waals surface area (Å²) in [4.78, 5) is 0. The van der Waals surface area contributed by atoms with Gasteiger partial charge in [-0.25, -0.2) is 0 Å². The van der Waals surface area contributed by atoms with Crippen molar-refractivity contribution in [2.24, 2.45) is 0 Å². The summed E-state index contributed by atoms with van der Waals surface area (Å²) in [6.45, 7) is 1.25. The lowest BCUT2D eigenvalue weighted by atomic mass is 9.82. The van der Waals surface area contributed by atoms with Gasteiger partial charge in [-0.3, -0.25) is 0 Å². The van der Waals surface area contributed by atoms with Crippen molar-refractivity contribution in [1.29, 1.82) is 0 Å². The standard InChI is InChI=1S/C34H37NO4/c1-36-23-38-29-18-14-26(15-19-29)34(27-16-20-30(21-17-27)39-24-37-2)32-12-6-4-9-28(32)22-35-33-13-7-10-25-8-3-5-11-31(25)33/h3-6,8-9,11-12,14-21,33-35H,7,10,13,22-24H2,1-2H3. The van der Waals surface area contributed by atoms with Crippen LogP contribution in [0, 0.1) is 0 Å². The third-order valence-corrected chi connectivity index (χ3v) is 7.39. The fourth-order valence-electron chi connectivity index (χ4n) is 5.49. The Kier molecular flexibility index (Phi) is 9.28. The Morgan fingerprint density at radius 3 is 1.95 bits per heavy atom. The second-order valence-corrected chi connectivity index (χ2v) is 9.90. The van der Waals surface area contributed by atoms with Gasteiger partial charge in [0.2, 0.25) is 0 Å². The maximum atomic E-state index is 5.65. The molecule has 1 aliphatic rings. The van der Waals surface area contributed by atoms with Crippen LogP contribution in [0.1, 0.15) is 58.2 Å². The Morgan fingerprint density at radius 1 is 0.718 bits per heavy atom. The highest BCUT2D eigenvalue weighted by molar-refractivity contribution is 5.48. The van der Waals surface area contributed by atoms with Crippen molar-refractivity contribution in [2.75, 3.05) is 27.8 Å². The van der Waals surface area contributed by atoms with Crippen LogP contribution in [0.3, 0.4) is 0 Å². The molecule has 202 valence electrons. The van der Waals surface area contributed by atoms with Crippen LogP contribution in [-0.2, 0) is 22.4 Å². The highest BCUT2D eigenvalue weighted by atomic mass is 16.7. The van der Waals surface area contributed by atoms with Gasteiger partial charge in [-0.05, 0) is 76.9 Å². The first-order valence-corrected chi connectivity index (χ1v) is 13.6. The molecule has 1 aliphatic carbocycles. The van der Waals surface area contributed by atoms with E-state index in [-0.39, 0.29) is 19.5 Å². The number of benzene rings is 4. The van der Waals surface area contributed by atoms with Gasteiger partial charge in [-0.2, -0.15) is 0 Å². The van der Waals surface area contributed by atoms with Gasteiger partial charge < -0.3 is 24.3 Å². The average Bonchev–Trinajstić information content (AvgIpc) is 3.00. The highest BCUT2D eigenvalue weighted by Gasteiger charge is 2.23. The van der Waals surface area contributed by atoms with Crippen LogP contribution in [0.15, 0.2) is 97.1 Å². The molecule has 1 atom stereocenters. The number of methoxy groups -OCH3 is 2. The normalized spacial score (nSPS) is 14.7. The Balaban J connectivity index is 1.45. The summed E-state index contributed by atoms with van der Waals surface area (Å²) in [6, 6.07) is 34.6. The summed E-state index contributed by atoms with van der Waals surface area (Å²) in [7, 11) is 3.25. The molecule has 5 nitrogen and oxygen atoms in total. The molecule has 0 spiro atoms. The predicted molar refractivity (Wildman–Crippen MR) is 154 cm³/mol. The number of hydrogen-bond donors (Lipinski definition) is 1. The van der Waals surface area contributed by atoms with Gasteiger partial charge in [0.15, 0.2) is 13.6 Å². The molecule has 0 heterocycles. The molecule has 0 aliphatic heterocycles. The van der Waals surface area contributed by atoms with E-state index in [1.165, 1.54) is 46.2 Å². The van der Waals surface area contributed by atoms with E-state index in [1.807, 2.05) is 24.3 Å². The number of ether oxygens (including phenoxy) is 4. The van der Waals surface area contributed by atoms with Gasteiger partial charge in [0.25, 0.3) is 0 Å². The van der Waals surface area contributed by atoms with Crippen molar-refractivity contribution in [2.45, 2.75) is 37.8 Å². The van der Waals surface area contributed by atoms with Crippen molar-refractivity contribution >= 4 is 0 Å². The van der Waals surface area contributed by atoms with E-state index >= 15 is 0 Å². The van der Waals surface area contributed by atoms with Gasteiger partial charge in [-0.1, -0.05) is 72.8 Å². The molecule has 0 saturated carbocycles. The van der Waals surface area contributed by atoms with Crippen LogP contribution in [0.5, 0.6) is 11.5 Å². The van der Waals surface area contributed by atoms with Crippen molar-refractivity contribution in [3.8, 4) is 11.5 Å². The summed E-state index contributed by atoms with van der Waals surface area (Å²) >= 11 is 0. The summed E-state index contributed by atoms with van der Waals surface area (Å²) in [5.74, 6) is 1.62. The number of hydrogen-bond acceptors (Lipinski definition) is 5. The van der Waals surface area contributed by atoms with Gasteiger partial charge in [0.05, 0.1) is 0 Å². The Hall–Kier alpha value is -3.64. The molecule has 5 heteroatoms. The molecule has 4 aromatic carbocycles. The molecule has 0 fully saturated rings. The highest BCUT2D eigenvalue weighted by Crippen LogP contribution is 2.36. The third kappa shape index (κ3) is 6.69. The fourth-order valence-corrected chi connectivity index (χ4v) is 5.49. The van der Waals surface area contributed by atoms with Crippen molar-refractivity contribution in [3.63, 3.8) is 0 Å². The maximum absolute atomic E-state index is 5.65.